The maximum Gasteiger partial charge on any atom is 0.193 e. The molecule has 104 valence electrons. The van der Waals surface area contributed by atoms with Crippen molar-refractivity contribution in [3.05, 3.63) is 35.4 Å². The second-order valence-corrected chi connectivity index (χ2v) is 5.12. The number of rotatable bonds is 4. The van der Waals surface area contributed by atoms with E-state index in [4.69, 9.17) is 0 Å². The number of hydrogen-bond donors (Lipinski definition) is 1. The smallest absolute Gasteiger partial charge is 0.193 e. The monoisotopic (exact) mass is 259 g/mol. The molecule has 3 heteroatoms. The normalized spacial score (nSPS) is 15.3. The van der Waals surface area contributed by atoms with Crippen molar-refractivity contribution < 1.29 is 0 Å². The minimum Gasteiger partial charge on any atom is -0.356 e. The van der Waals surface area contributed by atoms with Gasteiger partial charge in [0.1, 0.15) is 0 Å². The maximum absolute atomic E-state index is 4.41. The zero-order valence-corrected chi connectivity index (χ0v) is 12.2. The van der Waals surface area contributed by atoms with Gasteiger partial charge in [-0.2, -0.15) is 0 Å². The number of hydrogen-bond acceptors (Lipinski definition) is 1. The predicted octanol–water partition coefficient (Wildman–Crippen LogP) is 2.81. The number of aliphatic imine (C=N–C) groups is 1. The van der Waals surface area contributed by atoms with Gasteiger partial charge in [-0.15, -0.1) is 0 Å². The molecule has 0 saturated carbocycles. The number of nitrogens with one attached hydrogen (secondary N) is 1. The Hall–Kier alpha value is -1.51. The van der Waals surface area contributed by atoms with Gasteiger partial charge in [-0.05, 0) is 24.0 Å². The highest BCUT2D eigenvalue weighted by atomic mass is 15.3. The average Bonchev–Trinajstić information content (AvgIpc) is 2.47. The summed E-state index contributed by atoms with van der Waals surface area (Å²) in [4.78, 5) is 6.77. The highest BCUT2D eigenvalue weighted by Gasteiger charge is 2.18. The molecule has 0 saturated heterocycles. The Bertz CT molecular complexity index is 426. The molecule has 0 fully saturated rings. The van der Waals surface area contributed by atoms with E-state index in [1.807, 2.05) is 7.05 Å². The summed E-state index contributed by atoms with van der Waals surface area (Å²) in [5.41, 5.74) is 2.92. The Morgan fingerprint density at radius 3 is 2.79 bits per heavy atom. The number of nitrogens with zero attached hydrogens (tertiary/aromatic N) is 2. The van der Waals surface area contributed by atoms with Crippen molar-refractivity contribution in [1.29, 1.82) is 0 Å². The summed E-state index contributed by atoms with van der Waals surface area (Å²) >= 11 is 0. The summed E-state index contributed by atoms with van der Waals surface area (Å²) in [7, 11) is 1.88. The van der Waals surface area contributed by atoms with Crippen LogP contribution in [0, 0.1) is 0 Å². The van der Waals surface area contributed by atoms with Gasteiger partial charge in [0.05, 0.1) is 0 Å². The van der Waals surface area contributed by atoms with Crippen molar-refractivity contribution in [3.8, 4) is 0 Å². The predicted molar refractivity (Wildman–Crippen MR) is 81.4 cm³/mol. The van der Waals surface area contributed by atoms with Crippen LogP contribution in [0.25, 0.3) is 0 Å². The molecule has 2 rings (SSSR count). The lowest BCUT2D eigenvalue weighted by Gasteiger charge is -2.31. The lowest BCUT2D eigenvalue weighted by molar-refractivity contribution is 0.378. The molecular weight excluding hydrogens is 234 g/mol. The SMILES string of the molecule is CCCCCNC(=NC)N1CCc2ccccc2C1. The zero-order chi connectivity index (χ0) is 13.5. The molecule has 1 heterocycles. The fourth-order valence-corrected chi connectivity index (χ4v) is 2.58. The van der Waals surface area contributed by atoms with Gasteiger partial charge < -0.3 is 10.2 Å². The van der Waals surface area contributed by atoms with E-state index in [1.165, 1.54) is 30.4 Å². The minimum atomic E-state index is 0.976. The van der Waals surface area contributed by atoms with Crippen LogP contribution in [0.15, 0.2) is 29.3 Å². The molecule has 0 bridgehead atoms. The Kier molecular flexibility index (Phi) is 5.25. The molecule has 0 radical (unpaired) electrons. The van der Waals surface area contributed by atoms with Crippen LogP contribution < -0.4 is 5.32 Å². The molecule has 1 aromatic carbocycles. The third kappa shape index (κ3) is 3.72. The van der Waals surface area contributed by atoms with Gasteiger partial charge in [-0.25, -0.2) is 0 Å². The third-order valence-corrected chi connectivity index (χ3v) is 3.71. The molecule has 19 heavy (non-hydrogen) atoms. The van der Waals surface area contributed by atoms with Gasteiger partial charge >= 0.3 is 0 Å². The van der Waals surface area contributed by atoms with Gasteiger partial charge in [-0.1, -0.05) is 44.0 Å². The van der Waals surface area contributed by atoms with Gasteiger partial charge in [0.2, 0.25) is 0 Å². The third-order valence-electron chi connectivity index (χ3n) is 3.71. The first-order chi connectivity index (χ1) is 9.35. The number of benzene rings is 1. The van der Waals surface area contributed by atoms with Crippen molar-refractivity contribution in [2.45, 2.75) is 39.2 Å². The number of guanidine groups is 1. The van der Waals surface area contributed by atoms with Crippen LogP contribution in [-0.4, -0.2) is 31.0 Å². The molecule has 1 N–H and O–H groups in total. The highest BCUT2D eigenvalue weighted by Crippen LogP contribution is 2.18. The van der Waals surface area contributed by atoms with Crippen LogP contribution in [0.5, 0.6) is 0 Å². The van der Waals surface area contributed by atoms with Gasteiger partial charge in [0.25, 0.3) is 0 Å². The molecule has 1 aliphatic heterocycles. The zero-order valence-electron chi connectivity index (χ0n) is 12.2. The Labute approximate surface area is 116 Å². The Morgan fingerprint density at radius 2 is 2.05 bits per heavy atom. The summed E-state index contributed by atoms with van der Waals surface area (Å²) in [6.07, 6.45) is 4.88. The fraction of sp³-hybridized carbons (Fsp3) is 0.562. The lowest BCUT2D eigenvalue weighted by atomic mass is 10.0. The summed E-state index contributed by atoms with van der Waals surface area (Å²) in [6, 6.07) is 8.72. The molecular formula is C16H25N3. The summed E-state index contributed by atoms with van der Waals surface area (Å²) in [5.74, 6) is 1.05. The van der Waals surface area contributed by atoms with E-state index in [1.54, 1.807) is 0 Å². The van der Waals surface area contributed by atoms with E-state index in [0.717, 1.165) is 32.0 Å². The van der Waals surface area contributed by atoms with Crippen LogP contribution in [-0.2, 0) is 13.0 Å². The van der Waals surface area contributed by atoms with Crippen LogP contribution in [0.3, 0.4) is 0 Å². The van der Waals surface area contributed by atoms with Gasteiger partial charge in [0.15, 0.2) is 5.96 Å². The molecule has 0 aromatic heterocycles. The van der Waals surface area contributed by atoms with E-state index < -0.39 is 0 Å². The topological polar surface area (TPSA) is 27.6 Å². The fourth-order valence-electron chi connectivity index (χ4n) is 2.58. The van der Waals surface area contributed by atoms with Crippen molar-refractivity contribution in [1.82, 2.24) is 10.2 Å². The summed E-state index contributed by atoms with van der Waals surface area (Å²) in [6.45, 7) is 5.29. The minimum absolute atomic E-state index is 0.976. The Morgan fingerprint density at radius 1 is 1.26 bits per heavy atom. The standard InChI is InChI=1S/C16H25N3/c1-3-4-7-11-18-16(17-2)19-12-10-14-8-5-6-9-15(14)13-19/h5-6,8-9H,3-4,7,10-13H2,1-2H3,(H,17,18). The number of unbranched alkanes of at least 4 members (excludes halogenated alkanes) is 2. The average molecular weight is 259 g/mol. The van der Waals surface area contributed by atoms with E-state index in [2.05, 4.69) is 46.4 Å². The van der Waals surface area contributed by atoms with Crippen molar-refractivity contribution in [3.63, 3.8) is 0 Å². The molecule has 0 aliphatic carbocycles. The van der Waals surface area contributed by atoms with Crippen LogP contribution in [0.2, 0.25) is 0 Å². The largest absolute Gasteiger partial charge is 0.356 e. The molecule has 0 atom stereocenters. The second-order valence-electron chi connectivity index (χ2n) is 5.12. The molecule has 1 aliphatic rings. The molecule has 1 aromatic rings. The lowest BCUT2D eigenvalue weighted by Crippen LogP contribution is -2.44. The van der Waals surface area contributed by atoms with Crippen molar-refractivity contribution >= 4 is 5.96 Å². The molecule has 0 amide bonds. The van der Waals surface area contributed by atoms with E-state index in [-0.39, 0.29) is 0 Å². The van der Waals surface area contributed by atoms with E-state index >= 15 is 0 Å². The first-order valence-electron chi connectivity index (χ1n) is 7.37. The molecule has 0 spiro atoms. The van der Waals surface area contributed by atoms with Crippen LogP contribution in [0.1, 0.15) is 37.3 Å². The first-order valence-corrected chi connectivity index (χ1v) is 7.37. The maximum atomic E-state index is 4.41. The molecule has 0 unspecified atom stereocenters. The quantitative estimate of drug-likeness (QED) is 0.511. The molecule has 3 nitrogen and oxygen atoms in total. The first kappa shape index (κ1) is 13.9. The number of fused-ring (bicyclic) bond motifs is 1. The second kappa shape index (κ2) is 7.17. The van der Waals surface area contributed by atoms with Crippen LogP contribution >= 0.6 is 0 Å². The van der Waals surface area contributed by atoms with E-state index in [0.29, 0.717) is 0 Å². The Balaban J connectivity index is 1.91. The highest BCUT2D eigenvalue weighted by molar-refractivity contribution is 5.80. The van der Waals surface area contributed by atoms with Gasteiger partial charge in [0, 0.05) is 26.7 Å². The van der Waals surface area contributed by atoms with Crippen molar-refractivity contribution in [2.75, 3.05) is 20.1 Å². The summed E-state index contributed by atoms with van der Waals surface area (Å²) in [5, 5.41) is 3.48. The van der Waals surface area contributed by atoms with Crippen molar-refractivity contribution in [2.24, 2.45) is 4.99 Å². The van der Waals surface area contributed by atoms with Gasteiger partial charge in [-0.3, -0.25) is 4.99 Å². The van der Waals surface area contributed by atoms with Crippen LogP contribution in [0.4, 0.5) is 0 Å². The van der Waals surface area contributed by atoms with E-state index in [9.17, 15) is 0 Å². The summed E-state index contributed by atoms with van der Waals surface area (Å²) < 4.78 is 0.